The van der Waals surface area contributed by atoms with E-state index in [4.69, 9.17) is 4.74 Å². The van der Waals surface area contributed by atoms with Gasteiger partial charge in [-0.15, -0.1) is 0 Å². The summed E-state index contributed by atoms with van der Waals surface area (Å²) in [6.07, 6.45) is 1.16. The van der Waals surface area contributed by atoms with E-state index in [1.807, 2.05) is 25.2 Å². The molecule has 4 heteroatoms. The molecule has 0 saturated carbocycles. The minimum absolute atomic E-state index is 0.0990. The predicted octanol–water partition coefficient (Wildman–Crippen LogP) is 1.59. The van der Waals surface area contributed by atoms with Crippen LogP contribution in [0.4, 0.5) is 0 Å². The third kappa shape index (κ3) is 3.83. The van der Waals surface area contributed by atoms with Gasteiger partial charge in [-0.1, -0.05) is 30.3 Å². The molecule has 2 rings (SSSR count). The van der Waals surface area contributed by atoms with Crippen LogP contribution in [0.2, 0.25) is 0 Å². The van der Waals surface area contributed by atoms with Crippen molar-refractivity contribution in [3.8, 4) is 0 Å². The molecule has 0 bridgehead atoms. The molecule has 1 fully saturated rings. The van der Waals surface area contributed by atoms with Crippen molar-refractivity contribution in [2.45, 2.75) is 38.0 Å². The number of hydrogen-bond acceptors (Lipinski definition) is 4. The van der Waals surface area contributed by atoms with Gasteiger partial charge in [0.15, 0.2) is 0 Å². The molecule has 3 unspecified atom stereocenters. The number of benzene rings is 1. The molecule has 21 heavy (non-hydrogen) atoms. The van der Waals surface area contributed by atoms with Crippen molar-refractivity contribution in [2.75, 3.05) is 33.4 Å². The van der Waals surface area contributed by atoms with E-state index >= 15 is 0 Å². The highest BCUT2D eigenvalue weighted by Gasteiger charge is 2.32. The zero-order chi connectivity index (χ0) is 15.3. The van der Waals surface area contributed by atoms with Crippen LogP contribution < -0.4 is 5.32 Å². The summed E-state index contributed by atoms with van der Waals surface area (Å²) >= 11 is 0. The molecule has 1 saturated heterocycles. The highest BCUT2D eigenvalue weighted by molar-refractivity contribution is 5.24. The molecule has 1 aromatic rings. The lowest BCUT2D eigenvalue weighted by Crippen LogP contribution is -2.51. The first-order valence-electron chi connectivity index (χ1n) is 7.82. The van der Waals surface area contributed by atoms with E-state index in [-0.39, 0.29) is 18.2 Å². The summed E-state index contributed by atoms with van der Waals surface area (Å²) < 4.78 is 5.68. The second kappa shape index (κ2) is 7.36. The Balaban J connectivity index is 2.06. The van der Waals surface area contributed by atoms with Crippen LogP contribution in [0.5, 0.6) is 0 Å². The number of aliphatic hydroxyl groups excluding tert-OH is 1. The average molecular weight is 292 g/mol. The molecule has 2 N–H and O–H groups in total. The maximum Gasteiger partial charge on any atom is 0.0678 e. The summed E-state index contributed by atoms with van der Waals surface area (Å²) in [6, 6.07) is 10.7. The minimum Gasteiger partial charge on any atom is -0.394 e. The van der Waals surface area contributed by atoms with Gasteiger partial charge in [0.2, 0.25) is 0 Å². The first-order valence-corrected chi connectivity index (χ1v) is 7.82. The molecule has 1 aliphatic rings. The lowest BCUT2D eigenvalue weighted by Gasteiger charge is -2.40. The van der Waals surface area contributed by atoms with Gasteiger partial charge in [0.1, 0.15) is 0 Å². The number of rotatable bonds is 6. The summed E-state index contributed by atoms with van der Waals surface area (Å²) in [5, 5.41) is 13.3. The van der Waals surface area contributed by atoms with E-state index in [1.54, 1.807) is 0 Å². The third-order valence-electron chi connectivity index (χ3n) is 4.64. The molecule has 3 atom stereocenters. The summed E-state index contributed by atoms with van der Waals surface area (Å²) in [5.74, 6) is 0. The minimum atomic E-state index is -0.372. The van der Waals surface area contributed by atoms with Crippen molar-refractivity contribution in [2.24, 2.45) is 0 Å². The Labute approximate surface area is 128 Å². The van der Waals surface area contributed by atoms with Crippen molar-refractivity contribution < 1.29 is 9.84 Å². The zero-order valence-corrected chi connectivity index (χ0v) is 13.4. The van der Waals surface area contributed by atoms with Gasteiger partial charge < -0.3 is 15.2 Å². The largest absolute Gasteiger partial charge is 0.394 e. The number of hydrogen-bond donors (Lipinski definition) is 2. The SMILES string of the molecule is CNC(CO)(CCN1CC(C)OCC1C)c1ccccc1. The Morgan fingerprint density at radius 2 is 2.05 bits per heavy atom. The Morgan fingerprint density at radius 1 is 1.33 bits per heavy atom. The molecule has 0 aliphatic carbocycles. The van der Waals surface area contributed by atoms with Gasteiger partial charge in [0.25, 0.3) is 0 Å². The van der Waals surface area contributed by atoms with Crippen LogP contribution in [-0.4, -0.2) is 55.5 Å². The number of aliphatic hydroxyl groups is 1. The molecule has 0 aromatic heterocycles. The van der Waals surface area contributed by atoms with Crippen LogP contribution in [0.3, 0.4) is 0 Å². The average Bonchev–Trinajstić information content (AvgIpc) is 2.53. The van der Waals surface area contributed by atoms with Crippen LogP contribution in [0.15, 0.2) is 30.3 Å². The zero-order valence-electron chi connectivity index (χ0n) is 13.4. The standard InChI is InChI=1S/C17H28N2O2/c1-14-12-21-15(2)11-19(14)10-9-17(13-20,18-3)16-7-5-4-6-8-16/h4-8,14-15,18,20H,9-13H2,1-3H3. The summed E-state index contributed by atoms with van der Waals surface area (Å²) in [5.41, 5.74) is 0.770. The Bertz CT molecular complexity index is 420. The second-order valence-corrected chi connectivity index (χ2v) is 6.09. The number of morpholine rings is 1. The molecule has 118 valence electrons. The molecular weight excluding hydrogens is 264 g/mol. The normalized spacial score (nSPS) is 26.5. The monoisotopic (exact) mass is 292 g/mol. The van der Waals surface area contributed by atoms with Gasteiger partial charge in [-0.3, -0.25) is 4.90 Å². The van der Waals surface area contributed by atoms with Gasteiger partial charge in [-0.2, -0.15) is 0 Å². The number of ether oxygens (including phenoxy) is 1. The van der Waals surface area contributed by atoms with E-state index in [9.17, 15) is 5.11 Å². The predicted molar refractivity (Wildman–Crippen MR) is 85.3 cm³/mol. The van der Waals surface area contributed by atoms with E-state index in [0.717, 1.165) is 31.7 Å². The van der Waals surface area contributed by atoms with Gasteiger partial charge in [-0.05, 0) is 32.9 Å². The van der Waals surface area contributed by atoms with Crippen LogP contribution in [0.1, 0.15) is 25.8 Å². The van der Waals surface area contributed by atoms with E-state index < -0.39 is 0 Å². The Hall–Kier alpha value is -0.940. The fraction of sp³-hybridized carbons (Fsp3) is 0.647. The topological polar surface area (TPSA) is 44.7 Å². The molecule has 4 nitrogen and oxygen atoms in total. The maximum absolute atomic E-state index is 9.97. The van der Waals surface area contributed by atoms with Crippen molar-refractivity contribution >= 4 is 0 Å². The second-order valence-electron chi connectivity index (χ2n) is 6.09. The summed E-state index contributed by atoms with van der Waals surface area (Å²) in [4.78, 5) is 2.46. The smallest absolute Gasteiger partial charge is 0.0678 e. The van der Waals surface area contributed by atoms with E-state index in [2.05, 4.69) is 36.2 Å². The highest BCUT2D eigenvalue weighted by atomic mass is 16.5. The van der Waals surface area contributed by atoms with Gasteiger partial charge >= 0.3 is 0 Å². The molecule has 0 amide bonds. The lowest BCUT2D eigenvalue weighted by atomic mass is 9.87. The van der Waals surface area contributed by atoms with Crippen molar-refractivity contribution in [3.63, 3.8) is 0 Å². The summed E-state index contributed by atoms with van der Waals surface area (Å²) in [7, 11) is 1.93. The van der Waals surface area contributed by atoms with Crippen molar-refractivity contribution in [1.29, 1.82) is 0 Å². The number of nitrogens with one attached hydrogen (secondary N) is 1. The van der Waals surface area contributed by atoms with Crippen LogP contribution in [0.25, 0.3) is 0 Å². The molecular formula is C17H28N2O2. The lowest BCUT2D eigenvalue weighted by molar-refractivity contribution is -0.0527. The molecule has 1 aromatic carbocycles. The Morgan fingerprint density at radius 3 is 2.67 bits per heavy atom. The van der Waals surface area contributed by atoms with Gasteiger partial charge in [-0.25, -0.2) is 0 Å². The van der Waals surface area contributed by atoms with E-state index in [1.165, 1.54) is 0 Å². The van der Waals surface area contributed by atoms with Crippen LogP contribution >= 0.6 is 0 Å². The fourth-order valence-corrected chi connectivity index (χ4v) is 3.04. The van der Waals surface area contributed by atoms with Crippen LogP contribution in [-0.2, 0) is 10.3 Å². The molecule has 1 heterocycles. The Kier molecular flexibility index (Phi) is 5.76. The number of nitrogens with zero attached hydrogens (tertiary/aromatic N) is 1. The first-order chi connectivity index (χ1) is 10.1. The number of likely N-dealkylation sites (N-methyl/N-ethyl adjacent to an activating group) is 1. The van der Waals surface area contributed by atoms with E-state index in [0.29, 0.717) is 6.04 Å². The van der Waals surface area contributed by atoms with Crippen molar-refractivity contribution in [3.05, 3.63) is 35.9 Å². The van der Waals surface area contributed by atoms with Gasteiger partial charge in [0.05, 0.1) is 24.9 Å². The van der Waals surface area contributed by atoms with Gasteiger partial charge in [0, 0.05) is 19.1 Å². The maximum atomic E-state index is 9.97. The fourth-order valence-electron chi connectivity index (χ4n) is 3.04. The quantitative estimate of drug-likeness (QED) is 0.836. The van der Waals surface area contributed by atoms with Crippen molar-refractivity contribution in [1.82, 2.24) is 10.2 Å². The molecule has 0 spiro atoms. The summed E-state index contributed by atoms with van der Waals surface area (Å²) in [6.45, 7) is 7.12. The first kappa shape index (κ1) is 16.4. The third-order valence-corrected chi connectivity index (χ3v) is 4.64. The van der Waals surface area contributed by atoms with Crippen LogP contribution in [0, 0.1) is 0 Å². The highest BCUT2D eigenvalue weighted by Crippen LogP contribution is 2.25. The molecule has 1 aliphatic heterocycles. The molecule has 0 radical (unpaired) electrons.